The van der Waals surface area contributed by atoms with Crippen LogP contribution in [0.25, 0.3) is 0 Å². The van der Waals surface area contributed by atoms with Gasteiger partial charge in [0.25, 0.3) is 0 Å². The summed E-state index contributed by atoms with van der Waals surface area (Å²) in [5.41, 5.74) is 1.16. The van der Waals surface area contributed by atoms with E-state index in [1.165, 1.54) is 38.9 Å². The van der Waals surface area contributed by atoms with Gasteiger partial charge in [-0.1, -0.05) is 6.92 Å². The van der Waals surface area contributed by atoms with Crippen LogP contribution in [-0.2, 0) is 11.8 Å². The van der Waals surface area contributed by atoms with Crippen molar-refractivity contribution in [2.45, 2.75) is 32.1 Å². The van der Waals surface area contributed by atoms with Crippen LogP contribution in [0, 0.1) is 11.8 Å². The molecular weight excluding hydrogens is 302 g/mol. The molecule has 3 heterocycles. The van der Waals surface area contributed by atoms with Crippen LogP contribution in [0.4, 0.5) is 0 Å². The molecule has 1 amide bonds. The van der Waals surface area contributed by atoms with E-state index in [4.69, 9.17) is 0 Å². The highest BCUT2D eigenvalue weighted by Crippen LogP contribution is 2.28. The molecule has 1 aromatic rings. The fourth-order valence-electron chi connectivity index (χ4n) is 4.04. The van der Waals surface area contributed by atoms with E-state index >= 15 is 0 Å². The predicted octanol–water partition coefficient (Wildman–Crippen LogP) is 0.961. The molecule has 134 valence electrons. The zero-order valence-corrected chi connectivity index (χ0v) is 15.0. The molecule has 2 N–H and O–H groups in total. The summed E-state index contributed by atoms with van der Waals surface area (Å²) in [5, 5.41) is 10.8. The first-order valence-electron chi connectivity index (χ1n) is 9.36. The minimum absolute atomic E-state index is 0.0226. The second-order valence-electron chi connectivity index (χ2n) is 7.35. The molecule has 2 saturated heterocycles. The Hall–Kier alpha value is -1.40. The van der Waals surface area contributed by atoms with E-state index in [1.807, 2.05) is 24.1 Å². The molecular formula is C18H31N5O. The van der Waals surface area contributed by atoms with Gasteiger partial charge in [0.1, 0.15) is 0 Å². The summed E-state index contributed by atoms with van der Waals surface area (Å²) in [4.78, 5) is 15.2. The fourth-order valence-corrected chi connectivity index (χ4v) is 4.04. The SMILES string of the molecule is CCCN1CCC(CNC(=O)[C@H]2CNC[C@@H]2c2cnn(C)c2)CC1. The maximum absolute atomic E-state index is 12.7. The molecule has 0 spiro atoms. The molecule has 0 aromatic carbocycles. The maximum Gasteiger partial charge on any atom is 0.225 e. The van der Waals surface area contributed by atoms with Gasteiger partial charge in [0, 0.05) is 38.8 Å². The van der Waals surface area contributed by atoms with Crippen LogP contribution in [0.2, 0.25) is 0 Å². The van der Waals surface area contributed by atoms with Crippen molar-refractivity contribution in [3.05, 3.63) is 18.0 Å². The number of amides is 1. The van der Waals surface area contributed by atoms with Crippen LogP contribution in [0.15, 0.2) is 12.4 Å². The Morgan fingerprint density at radius 1 is 1.38 bits per heavy atom. The van der Waals surface area contributed by atoms with E-state index in [0.29, 0.717) is 5.92 Å². The number of nitrogens with one attached hydrogen (secondary N) is 2. The van der Waals surface area contributed by atoms with Crippen LogP contribution < -0.4 is 10.6 Å². The Labute approximate surface area is 145 Å². The van der Waals surface area contributed by atoms with Crippen molar-refractivity contribution >= 4 is 5.91 Å². The van der Waals surface area contributed by atoms with Crippen molar-refractivity contribution < 1.29 is 4.79 Å². The summed E-state index contributed by atoms with van der Waals surface area (Å²) in [6.07, 6.45) is 7.55. The molecule has 3 rings (SSSR count). The average molecular weight is 333 g/mol. The molecule has 24 heavy (non-hydrogen) atoms. The molecule has 0 radical (unpaired) electrons. The number of aryl methyl sites for hydroxylation is 1. The molecule has 0 saturated carbocycles. The van der Waals surface area contributed by atoms with E-state index in [2.05, 4.69) is 27.6 Å². The van der Waals surface area contributed by atoms with Gasteiger partial charge >= 0.3 is 0 Å². The first kappa shape index (κ1) is 17.4. The number of carbonyl (C=O) groups excluding carboxylic acids is 1. The van der Waals surface area contributed by atoms with E-state index in [9.17, 15) is 4.79 Å². The number of nitrogens with zero attached hydrogens (tertiary/aromatic N) is 3. The van der Waals surface area contributed by atoms with Gasteiger partial charge in [-0.2, -0.15) is 5.10 Å². The average Bonchev–Trinajstić information content (AvgIpc) is 3.23. The van der Waals surface area contributed by atoms with E-state index in [-0.39, 0.29) is 17.7 Å². The summed E-state index contributed by atoms with van der Waals surface area (Å²) < 4.78 is 1.81. The lowest BCUT2D eigenvalue weighted by Crippen LogP contribution is -2.41. The third kappa shape index (κ3) is 4.16. The molecule has 0 aliphatic carbocycles. The van der Waals surface area contributed by atoms with Gasteiger partial charge in [0.2, 0.25) is 5.91 Å². The monoisotopic (exact) mass is 333 g/mol. The highest BCUT2D eigenvalue weighted by atomic mass is 16.1. The summed E-state index contributed by atoms with van der Waals surface area (Å²) >= 11 is 0. The lowest BCUT2D eigenvalue weighted by Gasteiger charge is -2.32. The van der Waals surface area contributed by atoms with E-state index in [0.717, 1.165) is 25.2 Å². The van der Waals surface area contributed by atoms with Gasteiger partial charge in [-0.3, -0.25) is 9.48 Å². The molecule has 2 aliphatic heterocycles. The molecule has 0 bridgehead atoms. The highest BCUT2D eigenvalue weighted by Gasteiger charge is 2.34. The summed E-state index contributed by atoms with van der Waals surface area (Å²) in [5.74, 6) is 1.09. The minimum atomic E-state index is 0.0226. The number of carbonyl (C=O) groups is 1. The van der Waals surface area contributed by atoms with E-state index < -0.39 is 0 Å². The number of piperidine rings is 1. The summed E-state index contributed by atoms with van der Waals surface area (Å²) in [6.45, 7) is 8.25. The highest BCUT2D eigenvalue weighted by molar-refractivity contribution is 5.80. The van der Waals surface area contributed by atoms with Crippen molar-refractivity contribution in [1.82, 2.24) is 25.3 Å². The van der Waals surface area contributed by atoms with Crippen molar-refractivity contribution in [1.29, 1.82) is 0 Å². The van der Waals surface area contributed by atoms with Crippen molar-refractivity contribution in [2.75, 3.05) is 39.3 Å². The number of hydrogen-bond acceptors (Lipinski definition) is 4. The van der Waals surface area contributed by atoms with Gasteiger partial charge in [-0.15, -0.1) is 0 Å². The van der Waals surface area contributed by atoms with Crippen LogP contribution in [0.1, 0.15) is 37.7 Å². The first-order chi connectivity index (χ1) is 11.7. The lowest BCUT2D eigenvalue weighted by atomic mass is 9.89. The molecule has 2 atom stereocenters. The quantitative estimate of drug-likeness (QED) is 0.814. The second kappa shape index (κ2) is 8.12. The third-order valence-electron chi connectivity index (χ3n) is 5.52. The predicted molar refractivity (Wildman–Crippen MR) is 94.8 cm³/mol. The fraction of sp³-hybridized carbons (Fsp3) is 0.778. The Morgan fingerprint density at radius 3 is 2.83 bits per heavy atom. The zero-order chi connectivity index (χ0) is 16.9. The lowest BCUT2D eigenvalue weighted by molar-refractivity contribution is -0.125. The Balaban J connectivity index is 1.46. The maximum atomic E-state index is 12.7. The van der Waals surface area contributed by atoms with Gasteiger partial charge in [0.05, 0.1) is 12.1 Å². The zero-order valence-electron chi connectivity index (χ0n) is 15.0. The normalized spacial score (nSPS) is 25.9. The Kier molecular flexibility index (Phi) is 5.89. The van der Waals surface area contributed by atoms with Gasteiger partial charge in [-0.25, -0.2) is 0 Å². The second-order valence-corrected chi connectivity index (χ2v) is 7.35. The Bertz CT molecular complexity index is 535. The topological polar surface area (TPSA) is 62.2 Å². The summed E-state index contributed by atoms with van der Waals surface area (Å²) in [6, 6.07) is 0. The standard InChI is InChI=1S/C18H31N5O/c1-3-6-23-7-4-14(5-8-23)9-20-18(24)17-12-19-11-16(17)15-10-21-22(2)13-15/h10,13-14,16-17,19H,3-9,11-12H2,1-2H3,(H,20,24)/t16-,17+/m1/s1. The molecule has 6 heteroatoms. The van der Waals surface area contributed by atoms with Crippen molar-refractivity contribution in [3.63, 3.8) is 0 Å². The van der Waals surface area contributed by atoms with Gasteiger partial charge in [0.15, 0.2) is 0 Å². The molecule has 2 fully saturated rings. The van der Waals surface area contributed by atoms with Crippen LogP contribution in [-0.4, -0.2) is 59.9 Å². The number of likely N-dealkylation sites (tertiary alicyclic amines) is 1. The Morgan fingerprint density at radius 2 is 2.17 bits per heavy atom. The molecule has 6 nitrogen and oxygen atoms in total. The van der Waals surface area contributed by atoms with Crippen molar-refractivity contribution in [2.24, 2.45) is 18.9 Å². The van der Waals surface area contributed by atoms with Crippen LogP contribution >= 0.6 is 0 Å². The number of hydrogen-bond donors (Lipinski definition) is 2. The van der Waals surface area contributed by atoms with Crippen molar-refractivity contribution in [3.8, 4) is 0 Å². The minimum Gasteiger partial charge on any atom is -0.356 e. The van der Waals surface area contributed by atoms with Crippen LogP contribution in [0.3, 0.4) is 0 Å². The van der Waals surface area contributed by atoms with E-state index in [1.54, 1.807) is 0 Å². The smallest absolute Gasteiger partial charge is 0.225 e. The number of aromatic nitrogens is 2. The number of rotatable bonds is 6. The molecule has 1 aromatic heterocycles. The van der Waals surface area contributed by atoms with Gasteiger partial charge < -0.3 is 15.5 Å². The summed E-state index contributed by atoms with van der Waals surface area (Å²) in [7, 11) is 1.92. The molecule has 2 aliphatic rings. The first-order valence-corrected chi connectivity index (χ1v) is 9.36. The third-order valence-corrected chi connectivity index (χ3v) is 5.52. The molecule has 0 unspecified atom stereocenters. The largest absolute Gasteiger partial charge is 0.356 e. The van der Waals surface area contributed by atoms with Crippen LogP contribution in [0.5, 0.6) is 0 Å². The van der Waals surface area contributed by atoms with Gasteiger partial charge in [-0.05, 0) is 50.4 Å².